The normalized spacial score (nSPS) is 14.8. The van der Waals surface area contributed by atoms with Crippen molar-refractivity contribution in [1.82, 2.24) is 10.4 Å². The van der Waals surface area contributed by atoms with E-state index in [1.165, 1.54) is 13.0 Å². The van der Waals surface area contributed by atoms with Crippen LogP contribution in [0.3, 0.4) is 0 Å². The Balaban J connectivity index is 2.14. The fraction of sp³-hybridized carbons (Fsp3) is 0.0833. The zero-order valence-corrected chi connectivity index (χ0v) is 11.0. The number of carbonyl (C=O) groups is 3. The molecule has 0 unspecified atom stereocenters. The fourth-order valence-corrected chi connectivity index (χ4v) is 1.89. The number of hydrogen-bond donors (Lipinski definition) is 1. The quantitative estimate of drug-likeness (QED) is 0.840. The summed E-state index contributed by atoms with van der Waals surface area (Å²) in [7, 11) is 0. The zero-order chi connectivity index (χ0) is 13.3. The number of benzene rings is 1. The molecule has 2 rings (SSSR count). The molecule has 0 saturated heterocycles. The molecule has 0 spiro atoms. The summed E-state index contributed by atoms with van der Waals surface area (Å²) >= 11 is 3.24. The monoisotopic (exact) mass is 308 g/mol. The summed E-state index contributed by atoms with van der Waals surface area (Å²) in [5, 5.41) is 0.707. The predicted molar refractivity (Wildman–Crippen MR) is 67.2 cm³/mol. The molecule has 0 atom stereocenters. The van der Waals surface area contributed by atoms with Crippen LogP contribution in [-0.2, 0) is 9.59 Å². The van der Waals surface area contributed by atoms with Crippen molar-refractivity contribution in [3.05, 3.63) is 46.0 Å². The van der Waals surface area contributed by atoms with E-state index in [2.05, 4.69) is 21.4 Å². The van der Waals surface area contributed by atoms with Gasteiger partial charge in [0.2, 0.25) is 0 Å². The van der Waals surface area contributed by atoms with Gasteiger partial charge in [0.05, 0.1) is 0 Å². The van der Waals surface area contributed by atoms with E-state index in [1.54, 1.807) is 24.3 Å². The maximum Gasteiger partial charge on any atom is 0.275 e. The maximum absolute atomic E-state index is 11.8. The first kappa shape index (κ1) is 12.5. The number of halogens is 1. The van der Waals surface area contributed by atoms with Crippen LogP contribution in [0.25, 0.3) is 0 Å². The minimum Gasteiger partial charge on any atom is -0.267 e. The van der Waals surface area contributed by atoms with E-state index >= 15 is 0 Å². The Morgan fingerprint density at radius 2 is 2.06 bits per heavy atom. The molecule has 92 valence electrons. The lowest BCUT2D eigenvalue weighted by atomic mass is 10.2. The lowest BCUT2D eigenvalue weighted by Gasteiger charge is -2.15. The van der Waals surface area contributed by atoms with Gasteiger partial charge in [-0.15, -0.1) is 0 Å². The number of nitrogens with zero attached hydrogens (tertiary/aromatic N) is 1. The summed E-state index contributed by atoms with van der Waals surface area (Å²) in [5.74, 6) is -1.56. The molecule has 1 aromatic rings. The van der Waals surface area contributed by atoms with Crippen LogP contribution in [0.2, 0.25) is 0 Å². The van der Waals surface area contributed by atoms with Crippen molar-refractivity contribution in [2.75, 3.05) is 0 Å². The van der Waals surface area contributed by atoms with E-state index in [1.807, 2.05) is 0 Å². The van der Waals surface area contributed by atoms with Gasteiger partial charge in [-0.1, -0.05) is 22.0 Å². The fourth-order valence-electron chi connectivity index (χ4n) is 1.49. The minimum absolute atomic E-state index is 0.301. The molecule has 1 aromatic carbocycles. The Labute approximate surface area is 112 Å². The molecule has 1 heterocycles. The van der Waals surface area contributed by atoms with Gasteiger partial charge in [0.25, 0.3) is 17.7 Å². The van der Waals surface area contributed by atoms with E-state index in [0.717, 1.165) is 4.47 Å². The minimum atomic E-state index is -0.541. The van der Waals surface area contributed by atoms with Gasteiger partial charge >= 0.3 is 0 Å². The summed E-state index contributed by atoms with van der Waals surface area (Å²) < 4.78 is 0.739. The first-order valence-corrected chi connectivity index (χ1v) is 5.91. The lowest BCUT2D eigenvalue weighted by molar-refractivity contribution is -0.139. The smallest absolute Gasteiger partial charge is 0.267 e. The van der Waals surface area contributed by atoms with E-state index in [9.17, 15) is 14.4 Å². The summed E-state index contributed by atoms with van der Waals surface area (Å²) in [4.78, 5) is 34.8. The third kappa shape index (κ3) is 2.33. The van der Waals surface area contributed by atoms with Crippen LogP contribution in [0.1, 0.15) is 17.3 Å². The number of imide groups is 1. The number of amides is 3. The molecular formula is C12H9BrN2O3. The average molecular weight is 309 g/mol. The molecule has 6 heteroatoms. The Morgan fingerprint density at radius 3 is 2.61 bits per heavy atom. The van der Waals surface area contributed by atoms with Crippen LogP contribution in [0.4, 0.5) is 0 Å². The van der Waals surface area contributed by atoms with Crippen LogP contribution >= 0.6 is 15.9 Å². The van der Waals surface area contributed by atoms with Crippen molar-refractivity contribution < 1.29 is 14.4 Å². The second kappa shape index (κ2) is 4.73. The zero-order valence-electron chi connectivity index (χ0n) is 9.44. The van der Waals surface area contributed by atoms with Gasteiger partial charge in [-0.05, 0) is 25.1 Å². The highest BCUT2D eigenvalue weighted by molar-refractivity contribution is 9.10. The second-order valence-corrected chi connectivity index (χ2v) is 4.67. The molecule has 0 fully saturated rings. The van der Waals surface area contributed by atoms with Crippen molar-refractivity contribution in [3.8, 4) is 0 Å². The summed E-state index contributed by atoms with van der Waals surface area (Å²) in [6, 6.07) is 6.65. The van der Waals surface area contributed by atoms with Crippen molar-refractivity contribution in [3.63, 3.8) is 0 Å². The highest BCUT2D eigenvalue weighted by atomic mass is 79.9. The van der Waals surface area contributed by atoms with Crippen LogP contribution in [0, 0.1) is 0 Å². The Morgan fingerprint density at radius 1 is 1.33 bits per heavy atom. The Kier molecular flexibility index (Phi) is 3.29. The van der Waals surface area contributed by atoms with E-state index < -0.39 is 17.7 Å². The standard InChI is InChI=1S/C12H9BrN2O3/c1-7-5-10(16)15(12(7)18)14-11(17)8-3-2-4-9(13)6-8/h2-6H,1H3,(H,14,17). The highest BCUT2D eigenvalue weighted by Crippen LogP contribution is 2.13. The molecular weight excluding hydrogens is 300 g/mol. The summed E-state index contributed by atoms with van der Waals surface area (Å²) in [5.41, 5.74) is 2.93. The van der Waals surface area contributed by atoms with Gasteiger partial charge in [-0.3, -0.25) is 19.8 Å². The predicted octanol–water partition coefficient (Wildman–Crippen LogP) is 1.41. The molecule has 0 saturated carbocycles. The van der Waals surface area contributed by atoms with Crippen LogP contribution in [-0.4, -0.2) is 22.7 Å². The molecule has 0 aliphatic carbocycles. The summed E-state index contributed by atoms with van der Waals surface area (Å²) in [6.45, 7) is 1.52. The summed E-state index contributed by atoms with van der Waals surface area (Å²) in [6.07, 6.45) is 1.18. The Hall–Kier alpha value is -1.95. The topological polar surface area (TPSA) is 66.5 Å². The van der Waals surface area contributed by atoms with E-state index in [0.29, 0.717) is 16.1 Å². The van der Waals surface area contributed by atoms with Gasteiger partial charge in [-0.25, -0.2) is 0 Å². The van der Waals surface area contributed by atoms with Crippen molar-refractivity contribution >= 4 is 33.7 Å². The molecule has 5 nitrogen and oxygen atoms in total. The van der Waals surface area contributed by atoms with Gasteiger partial charge in [0.15, 0.2) is 0 Å². The molecule has 1 N–H and O–H groups in total. The van der Waals surface area contributed by atoms with Crippen molar-refractivity contribution in [1.29, 1.82) is 0 Å². The number of carbonyl (C=O) groups excluding carboxylic acids is 3. The average Bonchev–Trinajstić information content (AvgIpc) is 2.56. The highest BCUT2D eigenvalue weighted by Gasteiger charge is 2.30. The van der Waals surface area contributed by atoms with Gasteiger partial charge in [-0.2, -0.15) is 5.01 Å². The van der Waals surface area contributed by atoms with Crippen molar-refractivity contribution in [2.45, 2.75) is 6.92 Å². The molecule has 1 aliphatic rings. The molecule has 3 amide bonds. The number of nitrogens with one attached hydrogen (secondary N) is 1. The van der Waals surface area contributed by atoms with E-state index in [-0.39, 0.29) is 0 Å². The largest absolute Gasteiger partial charge is 0.275 e. The first-order chi connectivity index (χ1) is 8.49. The lowest BCUT2D eigenvalue weighted by Crippen LogP contribution is -2.46. The van der Waals surface area contributed by atoms with Crippen LogP contribution in [0.15, 0.2) is 40.4 Å². The third-order valence-electron chi connectivity index (χ3n) is 2.40. The first-order valence-electron chi connectivity index (χ1n) is 5.12. The maximum atomic E-state index is 11.8. The van der Waals surface area contributed by atoms with Gasteiger partial charge in [0.1, 0.15) is 0 Å². The van der Waals surface area contributed by atoms with Gasteiger partial charge < -0.3 is 0 Å². The molecule has 0 aromatic heterocycles. The van der Waals surface area contributed by atoms with Gasteiger partial charge in [0, 0.05) is 21.7 Å². The molecule has 0 radical (unpaired) electrons. The number of rotatable bonds is 2. The second-order valence-electron chi connectivity index (χ2n) is 3.76. The SMILES string of the molecule is CC1=CC(=O)N(NC(=O)c2cccc(Br)c2)C1=O. The Bertz CT molecular complexity index is 580. The third-order valence-corrected chi connectivity index (χ3v) is 2.89. The molecule has 18 heavy (non-hydrogen) atoms. The van der Waals surface area contributed by atoms with E-state index in [4.69, 9.17) is 0 Å². The molecule has 1 aliphatic heterocycles. The van der Waals surface area contributed by atoms with Crippen LogP contribution in [0.5, 0.6) is 0 Å². The number of hydrogen-bond acceptors (Lipinski definition) is 3. The van der Waals surface area contributed by atoms with Crippen LogP contribution < -0.4 is 5.43 Å². The number of hydrazine groups is 1. The van der Waals surface area contributed by atoms with Crippen molar-refractivity contribution in [2.24, 2.45) is 0 Å². The molecule has 0 bridgehead atoms.